The van der Waals surface area contributed by atoms with E-state index in [1.165, 1.54) is 0 Å². The molecule has 1 aromatic carbocycles. The number of anilines is 1. The molecule has 0 aliphatic carbocycles. The number of carbonyl (C=O) groups excluding carboxylic acids is 1. The lowest BCUT2D eigenvalue weighted by Crippen LogP contribution is -2.14. The van der Waals surface area contributed by atoms with E-state index in [1.807, 2.05) is 0 Å². The lowest BCUT2D eigenvalue weighted by molar-refractivity contribution is 0.102. The fraction of sp³-hybridized carbons (Fsp3) is 0.154. The molecule has 0 saturated carbocycles. The Bertz CT molecular complexity index is 658. The smallest absolute Gasteiger partial charge is 0.259 e. The molecule has 0 bridgehead atoms. The van der Waals surface area contributed by atoms with Crippen LogP contribution < -0.4 is 11.1 Å². The van der Waals surface area contributed by atoms with Gasteiger partial charge in [-0.2, -0.15) is 5.10 Å². The normalized spacial score (nSPS) is 11.4. The molecule has 0 spiro atoms. The number of nitrogens with one attached hydrogen (secondary N) is 1. The number of benzene rings is 1. The zero-order chi connectivity index (χ0) is 14.7. The van der Waals surface area contributed by atoms with Gasteiger partial charge < -0.3 is 16.3 Å². The van der Waals surface area contributed by atoms with Gasteiger partial charge in [-0.25, -0.2) is 0 Å². The standard InChI is InChI=1S/C13H15N5O2/c1-8-11(7-18(2)16-8)13(19)15-10-5-3-9(4-6-10)12(14)17-20/h3-7,20H,1-2H3,(H2,14,17)(H,15,19). The molecule has 1 amide bonds. The van der Waals surface area contributed by atoms with Crippen LogP contribution in [0.3, 0.4) is 0 Å². The molecule has 0 aliphatic rings. The van der Waals surface area contributed by atoms with Crippen LogP contribution in [0, 0.1) is 6.92 Å². The number of amides is 1. The minimum atomic E-state index is -0.229. The fourth-order valence-electron chi connectivity index (χ4n) is 1.80. The number of nitrogens with two attached hydrogens (primary N) is 1. The van der Waals surface area contributed by atoms with E-state index in [4.69, 9.17) is 10.9 Å². The maximum Gasteiger partial charge on any atom is 0.259 e. The molecular weight excluding hydrogens is 258 g/mol. The first kappa shape index (κ1) is 13.6. The topological polar surface area (TPSA) is 106 Å². The number of rotatable bonds is 3. The number of carbonyl (C=O) groups is 1. The molecule has 2 rings (SSSR count). The van der Waals surface area contributed by atoms with Gasteiger partial charge in [-0.3, -0.25) is 9.48 Å². The highest BCUT2D eigenvalue weighted by molar-refractivity contribution is 6.05. The van der Waals surface area contributed by atoms with Crippen LogP contribution in [0.1, 0.15) is 21.6 Å². The number of hydrogen-bond acceptors (Lipinski definition) is 4. The predicted molar refractivity (Wildman–Crippen MR) is 74.9 cm³/mol. The van der Waals surface area contributed by atoms with Crippen LogP contribution >= 0.6 is 0 Å². The third kappa shape index (κ3) is 2.77. The van der Waals surface area contributed by atoms with Crippen LogP contribution in [0.5, 0.6) is 0 Å². The molecule has 4 N–H and O–H groups in total. The summed E-state index contributed by atoms with van der Waals surface area (Å²) in [6, 6.07) is 6.66. The minimum Gasteiger partial charge on any atom is -0.409 e. The summed E-state index contributed by atoms with van der Waals surface area (Å²) in [6.45, 7) is 1.77. The summed E-state index contributed by atoms with van der Waals surface area (Å²) in [5.74, 6) is -0.210. The van der Waals surface area contributed by atoms with Gasteiger partial charge in [0, 0.05) is 24.5 Å². The van der Waals surface area contributed by atoms with Gasteiger partial charge in [-0.15, -0.1) is 0 Å². The van der Waals surface area contributed by atoms with E-state index < -0.39 is 0 Å². The maximum absolute atomic E-state index is 12.1. The third-order valence-corrected chi connectivity index (χ3v) is 2.80. The molecule has 0 fully saturated rings. The SMILES string of the molecule is Cc1nn(C)cc1C(=O)Nc1ccc(/C(N)=N/O)cc1. The highest BCUT2D eigenvalue weighted by Crippen LogP contribution is 2.12. The van der Waals surface area contributed by atoms with Crippen molar-refractivity contribution in [2.24, 2.45) is 17.9 Å². The van der Waals surface area contributed by atoms with E-state index in [0.717, 1.165) is 0 Å². The second-order valence-electron chi connectivity index (χ2n) is 4.32. The van der Waals surface area contributed by atoms with Crippen molar-refractivity contribution in [1.82, 2.24) is 9.78 Å². The number of aromatic nitrogens is 2. The second-order valence-corrected chi connectivity index (χ2v) is 4.32. The van der Waals surface area contributed by atoms with Crippen molar-refractivity contribution in [3.05, 3.63) is 47.3 Å². The highest BCUT2D eigenvalue weighted by Gasteiger charge is 2.12. The van der Waals surface area contributed by atoms with Gasteiger partial charge >= 0.3 is 0 Å². The summed E-state index contributed by atoms with van der Waals surface area (Å²) >= 11 is 0. The molecule has 0 saturated heterocycles. The van der Waals surface area contributed by atoms with Crippen LogP contribution in [-0.2, 0) is 7.05 Å². The number of aryl methyl sites for hydroxylation is 2. The van der Waals surface area contributed by atoms with E-state index in [-0.39, 0.29) is 11.7 Å². The summed E-state index contributed by atoms with van der Waals surface area (Å²) < 4.78 is 1.59. The predicted octanol–water partition coefficient (Wildman–Crippen LogP) is 1.08. The number of amidine groups is 1. The number of nitrogens with zero attached hydrogens (tertiary/aromatic N) is 3. The van der Waals surface area contributed by atoms with Crippen molar-refractivity contribution in [3.8, 4) is 0 Å². The van der Waals surface area contributed by atoms with Gasteiger partial charge in [0.15, 0.2) is 5.84 Å². The second kappa shape index (κ2) is 5.43. The van der Waals surface area contributed by atoms with Crippen LogP contribution in [0.25, 0.3) is 0 Å². The van der Waals surface area contributed by atoms with E-state index in [2.05, 4.69) is 15.6 Å². The highest BCUT2D eigenvalue weighted by atomic mass is 16.4. The molecule has 104 valence electrons. The molecule has 1 aromatic heterocycles. The molecule has 20 heavy (non-hydrogen) atoms. The van der Waals surface area contributed by atoms with Gasteiger partial charge in [0.25, 0.3) is 5.91 Å². The first-order valence-electron chi connectivity index (χ1n) is 5.91. The van der Waals surface area contributed by atoms with Crippen LogP contribution in [-0.4, -0.2) is 26.7 Å². The Labute approximate surface area is 115 Å². The molecular formula is C13H15N5O2. The lowest BCUT2D eigenvalue weighted by Gasteiger charge is -2.05. The molecule has 0 atom stereocenters. The largest absolute Gasteiger partial charge is 0.409 e. The van der Waals surface area contributed by atoms with E-state index in [1.54, 1.807) is 49.1 Å². The van der Waals surface area contributed by atoms with Gasteiger partial charge in [-0.1, -0.05) is 5.16 Å². The number of oxime groups is 1. The fourth-order valence-corrected chi connectivity index (χ4v) is 1.80. The molecule has 0 unspecified atom stereocenters. The third-order valence-electron chi connectivity index (χ3n) is 2.80. The average Bonchev–Trinajstić information content (AvgIpc) is 2.78. The Kier molecular flexibility index (Phi) is 3.69. The van der Waals surface area contributed by atoms with Crippen LogP contribution in [0.4, 0.5) is 5.69 Å². The first-order valence-corrected chi connectivity index (χ1v) is 5.91. The molecule has 1 heterocycles. The van der Waals surface area contributed by atoms with Crippen LogP contribution in [0.15, 0.2) is 35.6 Å². The molecule has 7 heteroatoms. The summed E-state index contributed by atoms with van der Waals surface area (Å²) in [4.78, 5) is 12.1. The van der Waals surface area contributed by atoms with E-state index in [9.17, 15) is 4.79 Å². The Morgan fingerprint density at radius 3 is 2.55 bits per heavy atom. The summed E-state index contributed by atoms with van der Waals surface area (Å²) in [6.07, 6.45) is 1.66. The Morgan fingerprint density at radius 2 is 2.05 bits per heavy atom. The monoisotopic (exact) mass is 273 g/mol. The molecule has 0 radical (unpaired) electrons. The molecule has 2 aromatic rings. The van der Waals surface area contributed by atoms with Gasteiger partial charge in [-0.05, 0) is 31.2 Å². The first-order chi connectivity index (χ1) is 9.51. The van der Waals surface area contributed by atoms with Crippen molar-refractivity contribution in [2.45, 2.75) is 6.92 Å². The molecule has 7 nitrogen and oxygen atoms in total. The van der Waals surface area contributed by atoms with Crippen LogP contribution in [0.2, 0.25) is 0 Å². The minimum absolute atomic E-state index is 0.0194. The lowest BCUT2D eigenvalue weighted by atomic mass is 10.2. The van der Waals surface area contributed by atoms with Crippen molar-refractivity contribution in [1.29, 1.82) is 0 Å². The van der Waals surface area contributed by atoms with Gasteiger partial charge in [0.1, 0.15) is 0 Å². The Hall–Kier alpha value is -2.83. The Morgan fingerprint density at radius 1 is 1.40 bits per heavy atom. The summed E-state index contributed by atoms with van der Waals surface area (Å²) in [7, 11) is 1.76. The summed E-state index contributed by atoms with van der Waals surface area (Å²) in [5, 5.41) is 18.4. The molecule has 0 aliphatic heterocycles. The number of hydrogen-bond donors (Lipinski definition) is 3. The Balaban J connectivity index is 2.14. The van der Waals surface area contributed by atoms with Crippen molar-refractivity contribution < 1.29 is 10.0 Å². The zero-order valence-electron chi connectivity index (χ0n) is 11.2. The average molecular weight is 273 g/mol. The van der Waals surface area contributed by atoms with Crippen molar-refractivity contribution in [3.63, 3.8) is 0 Å². The van der Waals surface area contributed by atoms with Gasteiger partial charge in [0.2, 0.25) is 0 Å². The quantitative estimate of drug-likeness (QED) is 0.336. The maximum atomic E-state index is 12.1. The van der Waals surface area contributed by atoms with E-state index >= 15 is 0 Å². The van der Waals surface area contributed by atoms with Gasteiger partial charge in [0.05, 0.1) is 11.3 Å². The zero-order valence-corrected chi connectivity index (χ0v) is 11.2. The van der Waals surface area contributed by atoms with Crippen molar-refractivity contribution in [2.75, 3.05) is 5.32 Å². The summed E-state index contributed by atoms with van der Waals surface area (Å²) in [5.41, 5.74) is 7.84. The van der Waals surface area contributed by atoms with Crippen molar-refractivity contribution >= 4 is 17.4 Å². The van der Waals surface area contributed by atoms with E-state index in [0.29, 0.717) is 22.5 Å².